The largest absolute Gasteiger partial charge is 0.327 e. The quantitative estimate of drug-likeness (QED) is 0.835. The van der Waals surface area contributed by atoms with Crippen LogP contribution in [0.5, 0.6) is 0 Å². The third-order valence-electron chi connectivity index (χ3n) is 2.94. The molecule has 3 N–H and O–H groups in total. The van der Waals surface area contributed by atoms with Crippen LogP contribution in [0.25, 0.3) is 5.69 Å². The Kier molecular flexibility index (Phi) is 4.94. The highest BCUT2D eigenvalue weighted by Gasteiger charge is 2.12. The van der Waals surface area contributed by atoms with Crippen LogP contribution in [0, 0.1) is 5.82 Å². The normalized spacial score (nSPS) is 12.1. The van der Waals surface area contributed by atoms with Crippen LogP contribution in [0.3, 0.4) is 0 Å². The lowest BCUT2D eigenvalue weighted by molar-refractivity contribution is -0.116. The Labute approximate surface area is 121 Å². The van der Waals surface area contributed by atoms with Crippen molar-refractivity contribution in [3.05, 3.63) is 30.3 Å². The van der Waals surface area contributed by atoms with E-state index < -0.39 is 5.82 Å². The van der Waals surface area contributed by atoms with Crippen molar-refractivity contribution in [1.82, 2.24) is 20.2 Å². The van der Waals surface area contributed by atoms with E-state index in [0.717, 1.165) is 12.8 Å². The second kappa shape index (κ2) is 6.89. The molecule has 0 aliphatic rings. The summed E-state index contributed by atoms with van der Waals surface area (Å²) in [4.78, 5) is 11.8. The lowest BCUT2D eigenvalue weighted by Gasteiger charge is -2.12. The van der Waals surface area contributed by atoms with Gasteiger partial charge in [0.15, 0.2) is 0 Å². The highest BCUT2D eigenvalue weighted by atomic mass is 19.1. The molecule has 2 rings (SSSR count). The number of halogens is 1. The number of aromatic nitrogens is 4. The molecule has 0 saturated carbocycles. The molecular formula is C13H17FN6O. The Bertz CT molecular complexity index is 601. The highest BCUT2D eigenvalue weighted by molar-refractivity contribution is 5.91. The summed E-state index contributed by atoms with van der Waals surface area (Å²) in [7, 11) is 0. The third-order valence-corrected chi connectivity index (χ3v) is 2.94. The molecule has 21 heavy (non-hydrogen) atoms. The molecule has 1 unspecified atom stereocenters. The van der Waals surface area contributed by atoms with Gasteiger partial charge in [-0.25, -0.2) is 9.07 Å². The topological polar surface area (TPSA) is 98.7 Å². The fourth-order valence-corrected chi connectivity index (χ4v) is 1.94. The van der Waals surface area contributed by atoms with Gasteiger partial charge in [-0.1, -0.05) is 13.3 Å². The molecular weight excluding hydrogens is 275 g/mol. The van der Waals surface area contributed by atoms with Crippen molar-refractivity contribution in [2.45, 2.75) is 32.2 Å². The van der Waals surface area contributed by atoms with E-state index in [1.807, 2.05) is 6.92 Å². The Morgan fingerprint density at radius 3 is 3.00 bits per heavy atom. The van der Waals surface area contributed by atoms with Gasteiger partial charge in [0, 0.05) is 12.5 Å². The van der Waals surface area contributed by atoms with Crippen LogP contribution < -0.4 is 11.1 Å². The van der Waals surface area contributed by atoms with Gasteiger partial charge < -0.3 is 11.1 Å². The monoisotopic (exact) mass is 292 g/mol. The molecule has 1 atom stereocenters. The van der Waals surface area contributed by atoms with Crippen LogP contribution in [0.2, 0.25) is 0 Å². The molecule has 0 bridgehead atoms. The Morgan fingerprint density at radius 1 is 1.52 bits per heavy atom. The minimum absolute atomic E-state index is 0.0803. The van der Waals surface area contributed by atoms with Gasteiger partial charge in [-0.3, -0.25) is 4.79 Å². The van der Waals surface area contributed by atoms with Gasteiger partial charge in [-0.2, -0.15) is 0 Å². The van der Waals surface area contributed by atoms with Gasteiger partial charge in [0.05, 0.1) is 11.4 Å². The number of hydrogen-bond acceptors (Lipinski definition) is 5. The van der Waals surface area contributed by atoms with Crippen molar-refractivity contribution < 1.29 is 9.18 Å². The molecule has 8 heteroatoms. The van der Waals surface area contributed by atoms with E-state index in [2.05, 4.69) is 20.8 Å². The third kappa shape index (κ3) is 4.06. The van der Waals surface area contributed by atoms with E-state index in [-0.39, 0.29) is 24.1 Å². The minimum atomic E-state index is -0.524. The number of rotatable bonds is 6. The first-order valence-corrected chi connectivity index (χ1v) is 6.68. The Hall–Kier alpha value is -2.35. The number of tetrazole rings is 1. The van der Waals surface area contributed by atoms with E-state index >= 15 is 0 Å². The van der Waals surface area contributed by atoms with Crippen LogP contribution in [0.1, 0.15) is 26.2 Å². The summed E-state index contributed by atoms with van der Waals surface area (Å²) in [6.07, 6.45) is 3.19. The first-order chi connectivity index (χ1) is 10.1. The molecule has 1 aromatic heterocycles. The van der Waals surface area contributed by atoms with E-state index in [1.165, 1.54) is 29.2 Å². The maximum absolute atomic E-state index is 13.8. The molecule has 2 aromatic rings. The first kappa shape index (κ1) is 15.0. The number of nitrogens with two attached hydrogens (primary N) is 1. The van der Waals surface area contributed by atoms with Crippen molar-refractivity contribution >= 4 is 11.6 Å². The summed E-state index contributed by atoms with van der Waals surface area (Å²) in [6.45, 7) is 1.99. The van der Waals surface area contributed by atoms with Crippen LogP contribution in [0.15, 0.2) is 24.5 Å². The summed E-state index contributed by atoms with van der Waals surface area (Å²) in [6, 6.07) is 4.01. The number of hydrogen-bond donors (Lipinski definition) is 2. The molecule has 0 radical (unpaired) electrons. The zero-order valence-electron chi connectivity index (χ0n) is 11.7. The molecule has 112 valence electrons. The van der Waals surface area contributed by atoms with Gasteiger partial charge in [0.25, 0.3) is 0 Å². The highest BCUT2D eigenvalue weighted by Crippen LogP contribution is 2.18. The molecule has 0 spiro atoms. The lowest BCUT2D eigenvalue weighted by atomic mass is 10.1. The predicted octanol–water partition coefficient (Wildman–Crippen LogP) is 1.26. The van der Waals surface area contributed by atoms with Crippen LogP contribution in [-0.4, -0.2) is 32.2 Å². The number of carbonyl (C=O) groups excluding carboxylic acids is 1. The maximum atomic E-state index is 13.8. The van der Waals surface area contributed by atoms with Crippen LogP contribution >= 0.6 is 0 Å². The molecule has 0 saturated heterocycles. The molecule has 1 amide bonds. The zero-order valence-corrected chi connectivity index (χ0v) is 11.7. The van der Waals surface area contributed by atoms with Gasteiger partial charge in [0.1, 0.15) is 12.1 Å². The number of anilines is 1. The standard InChI is InChI=1S/C13H17FN6O/c1-2-3-9(15)6-13(21)17-12-7-10(4-5-11(12)14)20-8-16-18-19-20/h4-5,7-9H,2-3,6,15H2,1H3,(H,17,21). The summed E-state index contributed by atoms with van der Waals surface area (Å²) in [5, 5.41) is 13.2. The summed E-state index contributed by atoms with van der Waals surface area (Å²) < 4.78 is 15.1. The Morgan fingerprint density at radius 2 is 2.33 bits per heavy atom. The van der Waals surface area contributed by atoms with Gasteiger partial charge in [-0.05, 0) is 35.0 Å². The van der Waals surface area contributed by atoms with Crippen LogP contribution in [0.4, 0.5) is 10.1 Å². The predicted molar refractivity (Wildman–Crippen MR) is 75.2 cm³/mol. The van der Waals surface area contributed by atoms with E-state index in [9.17, 15) is 9.18 Å². The van der Waals surface area contributed by atoms with Crippen molar-refractivity contribution in [3.8, 4) is 5.69 Å². The average molecular weight is 292 g/mol. The van der Waals surface area contributed by atoms with Gasteiger partial charge >= 0.3 is 0 Å². The molecule has 0 fully saturated rings. The zero-order chi connectivity index (χ0) is 15.2. The number of nitrogens with zero attached hydrogens (tertiary/aromatic N) is 4. The van der Waals surface area contributed by atoms with E-state index in [4.69, 9.17) is 5.73 Å². The van der Waals surface area contributed by atoms with Crippen molar-refractivity contribution in [3.63, 3.8) is 0 Å². The number of carbonyl (C=O) groups is 1. The fraction of sp³-hybridized carbons (Fsp3) is 0.385. The molecule has 1 heterocycles. The average Bonchev–Trinajstić information content (AvgIpc) is 2.95. The second-order valence-electron chi connectivity index (χ2n) is 4.72. The Balaban J connectivity index is 2.09. The number of benzene rings is 1. The van der Waals surface area contributed by atoms with Crippen molar-refractivity contribution in [2.75, 3.05) is 5.32 Å². The summed E-state index contributed by atoms with van der Waals surface area (Å²) in [5.41, 5.74) is 6.43. The molecule has 0 aliphatic heterocycles. The van der Waals surface area contributed by atoms with Crippen LogP contribution in [-0.2, 0) is 4.79 Å². The molecule has 1 aromatic carbocycles. The van der Waals surface area contributed by atoms with E-state index in [1.54, 1.807) is 0 Å². The maximum Gasteiger partial charge on any atom is 0.226 e. The van der Waals surface area contributed by atoms with Gasteiger partial charge in [0.2, 0.25) is 5.91 Å². The number of amides is 1. The summed E-state index contributed by atoms with van der Waals surface area (Å²) >= 11 is 0. The minimum Gasteiger partial charge on any atom is -0.327 e. The molecule has 7 nitrogen and oxygen atoms in total. The molecule has 0 aliphatic carbocycles. The van der Waals surface area contributed by atoms with E-state index in [0.29, 0.717) is 5.69 Å². The summed E-state index contributed by atoms with van der Waals surface area (Å²) in [5.74, 6) is -0.840. The van der Waals surface area contributed by atoms with Crippen molar-refractivity contribution in [2.24, 2.45) is 5.73 Å². The number of nitrogens with one attached hydrogen (secondary N) is 1. The second-order valence-corrected chi connectivity index (χ2v) is 4.72. The first-order valence-electron chi connectivity index (χ1n) is 6.68. The fourth-order valence-electron chi connectivity index (χ4n) is 1.94. The lowest BCUT2D eigenvalue weighted by Crippen LogP contribution is -2.27. The van der Waals surface area contributed by atoms with Crippen molar-refractivity contribution in [1.29, 1.82) is 0 Å². The smallest absolute Gasteiger partial charge is 0.226 e. The SMILES string of the molecule is CCCC(N)CC(=O)Nc1cc(-n2cnnn2)ccc1F. The van der Waals surface area contributed by atoms with Gasteiger partial charge in [-0.15, -0.1) is 5.10 Å².